The van der Waals surface area contributed by atoms with E-state index in [1.807, 2.05) is 12.1 Å². The molecule has 2 N–H and O–H groups in total. The Kier molecular flexibility index (Phi) is 3.47. The lowest BCUT2D eigenvalue weighted by atomic mass is 10.1. The molecule has 1 aromatic carbocycles. The maximum Gasteiger partial charge on any atom is 0.130 e. The van der Waals surface area contributed by atoms with Crippen molar-refractivity contribution in [2.45, 2.75) is 18.9 Å². The Labute approximate surface area is 122 Å². The van der Waals surface area contributed by atoms with E-state index in [9.17, 15) is 5.26 Å². The van der Waals surface area contributed by atoms with Gasteiger partial charge in [-0.2, -0.15) is 5.26 Å². The Balaban J connectivity index is 2.06. The molecule has 20 heavy (non-hydrogen) atoms. The van der Waals surface area contributed by atoms with Gasteiger partial charge in [0.25, 0.3) is 0 Å². The molecule has 1 saturated heterocycles. The van der Waals surface area contributed by atoms with Crippen molar-refractivity contribution < 1.29 is 0 Å². The van der Waals surface area contributed by atoms with Crippen molar-refractivity contribution in [2.24, 2.45) is 5.73 Å². The maximum absolute atomic E-state index is 9.32. The van der Waals surface area contributed by atoms with Gasteiger partial charge in [-0.05, 0) is 37.1 Å². The number of benzene rings is 1. The fourth-order valence-corrected chi connectivity index (χ4v) is 2.74. The van der Waals surface area contributed by atoms with E-state index in [0.717, 1.165) is 42.7 Å². The molecule has 5 heteroatoms. The molecule has 2 heterocycles. The molecule has 0 unspecified atom stereocenters. The number of fused-ring (bicyclic) bond motifs is 1. The van der Waals surface area contributed by atoms with E-state index in [2.05, 4.69) is 16.0 Å². The van der Waals surface area contributed by atoms with Crippen LogP contribution < -0.4 is 10.6 Å². The van der Waals surface area contributed by atoms with Crippen molar-refractivity contribution in [3.63, 3.8) is 0 Å². The molecule has 1 aliphatic heterocycles. The minimum Gasteiger partial charge on any atom is -0.356 e. The molecule has 0 spiro atoms. The fraction of sp³-hybridized carbons (Fsp3) is 0.333. The smallest absolute Gasteiger partial charge is 0.130 e. The number of aromatic nitrogens is 1. The van der Waals surface area contributed by atoms with Gasteiger partial charge in [0.2, 0.25) is 0 Å². The number of anilines is 1. The van der Waals surface area contributed by atoms with Gasteiger partial charge in [-0.15, -0.1) is 0 Å². The van der Waals surface area contributed by atoms with Crippen LogP contribution in [0.5, 0.6) is 0 Å². The van der Waals surface area contributed by atoms with Crippen molar-refractivity contribution in [2.75, 3.05) is 18.0 Å². The number of rotatable bonds is 1. The summed E-state index contributed by atoms with van der Waals surface area (Å²) in [7, 11) is 0. The predicted octanol–water partition coefficient (Wildman–Crippen LogP) is 2.69. The van der Waals surface area contributed by atoms with Crippen LogP contribution in [-0.2, 0) is 0 Å². The number of pyridine rings is 1. The first-order valence-corrected chi connectivity index (χ1v) is 7.06. The molecule has 1 aromatic heterocycles. The lowest BCUT2D eigenvalue weighted by Crippen LogP contribution is -2.40. The molecule has 3 rings (SSSR count). The van der Waals surface area contributed by atoms with Crippen LogP contribution in [0.2, 0.25) is 5.02 Å². The van der Waals surface area contributed by atoms with Gasteiger partial charge in [0.15, 0.2) is 0 Å². The minimum absolute atomic E-state index is 0.275. The van der Waals surface area contributed by atoms with Crippen LogP contribution in [-0.4, -0.2) is 24.1 Å². The third-order valence-corrected chi connectivity index (χ3v) is 3.98. The highest BCUT2D eigenvalue weighted by Gasteiger charge is 2.18. The van der Waals surface area contributed by atoms with E-state index in [0.29, 0.717) is 10.6 Å². The topological polar surface area (TPSA) is 65.9 Å². The van der Waals surface area contributed by atoms with Crippen molar-refractivity contribution in [1.82, 2.24) is 4.98 Å². The highest BCUT2D eigenvalue weighted by atomic mass is 35.5. The zero-order chi connectivity index (χ0) is 14.1. The second-order valence-electron chi connectivity index (χ2n) is 5.13. The molecule has 4 nitrogen and oxygen atoms in total. The normalized spacial score (nSPS) is 16.4. The number of hydrogen-bond acceptors (Lipinski definition) is 4. The van der Waals surface area contributed by atoms with Crippen molar-refractivity contribution in [3.8, 4) is 6.07 Å². The van der Waals surface area contributed by atoms with Gasteiger partial charge in [-0.25, -0.2) is 4.98 Å². The third-order valence-electron chi connectivity index (χ3n) is 3.74. The molecular formula is C15H15ClN4. The van der Waals surface area contributed by atoms with Crippen LogP contribution in [0.3, 0.4) is 0 Å². The first kappa shape index (κ1) is 13.2. The van der Waals surface area contributed by atoms with Crippen LogP contribution in [0.25, 0.3) is 10.9 Å². The highest BCUT2D eigenvalue weighted by molar-refractivity contribution is 6.31. The highest BCUT2D eigenvalue weighted by Crippen LogP contribution is 2.26. The first-order valence-electron chi connectivity index (χ1n) is 6.68. The number of halogens is 1. The van der Waals surface area contributed by atoms with E-state index in [1.165, 1.54) is 0 Å². The lowest BCUT2D eigenvalue weighted by Gasteiger charge is -2.31. The Hall–Kier alpha value is -1.83. The number of nitrogens with two attached hydrogens (primary N) is 1. The lowest BCUT2D eigenvalue weighted by molar-refractivity contribution is 0.499. The van der Waals surface area contributed by atoms with Gasteiger partial charge in [0.05, 0.1) is 17.1 Å². The number of hydrogen-bond donors (Lipinski definition) is 1. The molecule has 102 valence electrons. The van der Waals surface area contributed by atoms with E-state index in [-0.39, 0.29) is 6.04 Å². The Morgan fingerprint density at radius 3 is 2.75 bits per heavy atom. The zero-order valence-electron chi connectivity index (χ0n) is 11.0. The quantitative estimate of drug-likeness (QED) is 0.875. The molecule has 0 saturated carbocycles. The predicted molar refractivity (Wildman–Crippen MR) is 80.9 cm³/mol. The monoisotopic (exact) mass is 286 g/mol. The number of nitriles is 1. The summed E-state index contributed by atoms with van der Waals surface area (Å²) in [6, 6.07) is 9.80. The molecule has 0 bridgehead atoms. The van der Waals surface area contributed by atoms with Crippen molar-refractivity contribution >= 4 is 28.3 Å². The summed E-state index contributed by atoms with van der Waals surface area (Å²) in [5.74, 6) is 0.836. The molecule has 0 atom stereocenters. The van der Waals surface area contributed by atoms with Gasteiger partial charge in [0, 0.05) is 29.5 Å². The maximum atomic E-state index is 9.32. The minimum atomic E-state index is 0.275. The fourth-order valence-electron chi connectivity index (χ4n) is 2.57. The summed E-state index contributed by atoms with van der Waals surface area (Å²) in [5.41, 5.74) is 7.33. The molecular weight excluding hydrogens is 272 g/mol. The summed E-state index contributed by atoms with van der Waals surface area (Å²) in [6.07, 6.45) is 1.91. The zero-order valence-corrected chi connectivity index (χ0v) is 11.8. The van der Waals surface area contributed by atoms with E-state index in [1.54, 1.807) is 12.1 Å². The average molecular weight is 287 g/mol. The van der Waals surface area contributed by atoms with Crippen LogP contribution in [0.1, 0.15) is 18.4 Å². The third kappa shape index (κ3) is 2.43. The standard InChI is InChI=1S/C15H15ClN4/c16-11-1-2-13-10(9-17)7-15(19-14(13)8-11)20-5-3-12(18)4-6-20/h1-2,7-8,12H,3-6,18H2. The first-order chi connectivity index (χ1) is 9.67. The largest absolute Gasteiger partial charge is 0.356 e. The Morgan fingerprint density at radius 2 is 2.05 bits per heavy atom. The van der Waals surface area contributed by atoms with Crippen LogP contribution in [0.15, 0.2) is 24.3 Å². The molecule has 0 aliphatic carbocycles. The van der Waals surface area contributed by atoms with E-state index < -0.39 is 0 Å². The van der Waals surface area contributed by atoms with Crippen LogP contribution in [0.4, 0.5) is 5.82 Å². The van der Waals surface area contributed by atoms with Crippen LogP contribution >= 0.6 is 11.6 Å². The summed E-state index contributed by atoms with van der Waals surface area (Å²) in [4.78, 5) is 6.83. The van der Waals surface area contributed by atoms with Gasteiger partial charge in [0.1, 0.15) is 5.82 Å². The summed E-state index contributed by atoms with van der Waals surface area (Å²) in [6.45, 7) is 1.76. The molecule has 2 aromatic rings. The van der Waals surface area contributed by atoms with Crippen molar-refractivity contribution in [3.05, 3.63) is 34.9 Å². The second-order valence-corrected chi connectivity index (χ2v) is 5.56. The SMILES string of the molecule is N#Cc1cc(N2CCC(N)CC2)nc2cc(Cl)ccc12. The van der Waals surface area contributed by atoms with Gasteiger partial charge < -0.3 is 10.6 Å². The van der Waals surface area contributed by atoms with Gasteiger partial charge >= 0.3 is 0 Å². The van der Waals surface area contributed by atoms with E-state index >= 15 is 0 Å². The summed E-state index contributed by atoms with van der Waals surface area (Å²) < 4.78 is 0. The molecule has 1 fully saturated rings. The Morgan fingerprint density at radius 1 is 1.30 bits per heavy atom. The summed E-state index contributed by atoms with van der Waals surface area (Å²) >= 11 is 6.02. The second kappa shape index (κ2) is 5.28. The van der Waals surface area contributed by atoms with E-state index in [4.69, 9.17) is 17.3 Å². The van der Waals surface area contributed by atoms with Crippen molar-refractivity contribution in [1.29, 1.82) is 5.26 Å². The average Bonchev–Trinajstić information content (AvgIpc) is 2.46. The van der Waals surface area contributed by atoms with Gasteiger partial charge in [-0.3, -0.25) is 0 Å². The molecule has 0 radical (unpaired) electrons. The number of nitrogens with zero attached hydrogens (tertiary/aromatic N) is 3. The summed E-state index contributed by atoms with van der Waals surface area (Å²) in [5, 5.41) is 10.8. The van der Waals surface area contributed by atoms with Crippen LogP contribution in [0, 0.1) is 11.3 Å². The van der Waals surface area contributed by atoms with Gasteiger partial charge in [-0.1, -0.05) is 11.6 Å². The molecule has 0 amide bonds. The Bertz CT molecular complexity index is 684. The molecule has 1 aliphatic rings. The number of piperidine rings is 1.